The number of amides is 2. The van der Waals surface area contributed by atoms with Crippen LogP contribution in [0.15, 0.2) is 133 Å². The van der Waals surface area contributed by atoms with Crippen LogP contribution in [0, 0.1) is 5.82 Å². The highest BCUT2D eigenvalue weighted by Crippen LogP contribution is 2.32. The average molecular weight is 732 g/mol. The highest BCUT2D eigenvalue weighted by Gasteiger charge is 2.28. The molecule has 0 saturated carbocycles. The van der Waals surface area contributed by atoms with Gasteiger partial charge in [-0.2, -0.15) is 0 Å². The molecule has 0 spiro atoms. The van der Waals surface area contributed by atoms with Gasteiger partial charge in [0.05, 0.1) is 6.04 Å². The summed E-state index contributed by atoms with van der Waals surface area (Å²) in [6, 6.07) is 41.6. The van der Waals surface area contributed by atoms with Crippen molar-refractivity contribution in [1.29, 1.82) is 0 Å². The standard InChI is InChI=1S/C25H26N2O.C19H21ClFN3O/c26-24(21-10-5-2-6-11-21)25(28)27-16-14-20(15-17-27)23-13-7-12-22(18-23)19-8-3-1-4-9-19;20-15-3-1-14(2-4-15)13-18(22)19(25)24-11-9-23(10-12-24)17-7-5-16(21)6-8-17/h1-13,18,20,24H,14-17,26H2;1-8,18H,9-13,22H2. The summed E-state index contributed by atoms with van der Waals surface area (Å²) in [5.41, 5.74) is 19.0. The second kappa shape index (κ2) is 18.1. The lowest BCUT2D eigenvalue weighted by Crippen LogP contribution is -2.53. The number of halogens is 2. The Kier molecular flexibility index (Phi) is 12.9. The van der Waals surface area contributed by atoms with Crippen molar-refractivity contribution < 1.29 is 14.0 Å². The van der Waals surface area contributed by atoms with E-state index in [1.807, 2.05) is 53.4 Å². The average Bonchev–Trinajstić information content (AvgIpc) is 3.22. The molecular weight excluding hydrogens is 685 g/mol. The maximum atomic E-state index is 13.0. The molecular formula is C44H47ClFN5O2. The van der Waals surface area contributed by atoms with Gasteiger partial charge in [0.1, 0.15) is 11.9 Å². The summed E-state index contributed by atoms with van der Waals surface area (Å²) >= 11 is 5.87. The molecule has 274 valence electrons. The SMILES string of the molecule is NC(C(=O)N1CCC(c2cccc(-c3ccccc3)c2)CC1)c1ccccc1.NC(Cc1ccc(Cl)cc1)C(=O)N1CCN(c2ccc(F)cc2)CC1. The molecule has 7 nitrogen and oxygen atoms in total. The van der Waals surface area contributed by atoms with Crippen LogP contribution >= 0.6 is 11.6 Å². The Bertz CT molecular complexity index is 1910. The Labute approximate surface area is 317 Å². The van der Waals surface area contributed by atoms with E-state index in [0.29, 0.717) is 43.5 Å². The molecule has 2 fully saturated rings. The number of nitrogens with two attached hydrogens (primary N) is 2. The Morgan fingerprint density at radius 3 is 1.89 bits per heavy atom. The molecule has 5 aromatic rings. The molecule has 2 heterocycles. The number of likely N-dealkylation sites (tertiary alicyclic amines) is 1. The van der Waals surface area contributed by atoms with Crippen molar-refractivity contribution in [2.45, 2.75) is 37.3 Å². The Hall–Kier alpha value is -5.02. The Morgan fingerprint density at radius 1 is 0.660 bits per heavy atom. The van der Waals surface area contributed by atoms with E-state index >= 15 is 0 Å². The molecule has 2 atom stereocenters. The first-order chi connectivity index (χ1) is 25.7. The minimum atomic E-state index is -0.570. The maximum absolute atomic E-state index is 13.0. The number of hydrogen-bond acceptors (Lipinski definition) is 5. The summed E-state index contributed by atoms with van der Waals surface area (Å²) < 4.78 is 13.0. The molecule has 2 aliphatic heterocycles. The number of nitrogens with zero attached hydrogens (tertiary/aromatic N) is 3. The topological polar surface area (TPSA) is 95.9 Å². The number of hydrogen-bond donors (Lipinski definition) is 2. The van der Waals surface area contributed by atoms with Crippen LogP contribution in [0.25, 0.3) is 11.1 Å². The molecule has 2 saturated heterocycles. The third-order valence-electron chi connectivity index (χ3n) is 10.2. The third-order valence-corrected chi connectivity index (χ3v) is 10.4. The van der Waals surface area contributed by atoms with Gasteiger partial charge in [-0.1, -0.05) is 109 Å². The number of rotatable bonds is 8. The predicted molar refractivity (Wildman–Crippen MR) is 212 cm³/mol. The van der Waals surface area contributed by atoms with E-state index in [0.717, 1.165) is 42.7 Å². The fraction of sp³-hybridized carbons (Fsp3) is 0.273. The van der Waals surface area contributed by atoms with Crippen molar-refractivity contribution in [3.8, 4) is 11.1 Å². The lowest BCUT2D eigenvalue weighted by atomic mass is 9.87. The maximum Gasteiger partial charge on any atom is 0.244 e. The van der Waals surface area contributed by atoms with Gasteiger partial charge < -0.3 is 26.2 Å². The van der Waals surface area contributed by atoms with Crippen LogP contribution in [0.4, 0.5) is 10.1 Å². The van der Waals surface area contributed by atoms with Crippen LogP contribution in [0.2, 0.25) is 5.02 Å². The first-order valence-electron chi connectivity index (χ1n) is 18.3. The normalized spacial score (nSPS) is 16.0. The predicted octanol–water partition coefficient (Wildman–Crippen LogP) is 7.46. The van der Waals surface area contributed by atoms with E-state index in [-0.39, 0.29) is 17.6 Å². The molecule has 9 heteroatoms. The van der Waals surface area contributed by atoms with Gasteiger partial charge in [-0.15, -0.1) is 0 Å². The van der Waals surface area contributed by atoms with Gasteiger partial charge in [0, 0.05) is 50.0 Å². The first-order valence-corrected chi connectivity index (χ1v) is 18.7. The smallest absolute Gasteiger partial charge is 0.244 e. The van der Waals surface area contributed by atoms with Crippen molar-refractivity contribution in [3.05, 3.63) is 161 Å². The van der Waals surface area contributed by atoms with Gasteiger partial charge in [-0.25, -0.2) is 4.39 Å². The van der Waals surface area contributed by atoms with E-state index in [1.165, 1.54) is 28.8 Å². The molecule has 2 unspecified atom stereocenters. The van der Waals surface area contributed by atoms with Crippen molar-refractivity contribution in [2.75, 3.05) is 44.2 Å². The van der Waals surface area contributed by atoms with E-state index < -0.39 is 12.1 Å². The zero-order valence-electron chi connectivity index (χ0n) is 29.9. The number of carbonyl (C=O) groups excluding carboxylic acids is 2. The summed E-state index contributed by atoms with van der Waals surface area (Å²) in [6.45, 7) is 4.18. The molecule has 53 heavy (non-hydrogen) atoms. The van der Waals surface area contributed by atoms with Crippen molar-refractivity contribution in [2.24, 2.45) is 11.5 Å². The second-order valence-electron chi connectivity index (χ2n) is 13.7. The number of piperazine rings is 1. The van der Waals surface area contributed by atoms with E-state index in [2.05, 4.69) is 53.4 Å². The van der Waals surface area contributed by atoms with Crippen molar-refractivity contribution in [3.63, 3.8) is 0 Å². The second-order valence-corrected chi connectivity index (χ2v) is 14.1. The quantitative estimate of drug-likeness (QED) is 0.173. The van der Waals surface area contributed by atoms with E-state index in [4.69, 9.17) is 23.1 Å². The van der Waals surface area contributed by atoms with Crippen LogP contribution in [-0.2, 0) is 16.0 Å². The molecule has 7 rings (SSSR count). The zero-order valence-corrected chi connectivity index (χ0v) is 30.6. The molecule has 0 aromatic heterocycles. The van der Waals surface area contributed by atoms with Gasteiger partial charge >= 0.3 is 0 Å². The molecule has 5 aromatic carbocycles. The lowest BCUT2D eigenvalue weighted by Gasteiger charge is -2.37. The molecule has 2 amide bonds. The van der Waals surface area contributed by atoms with Gasteiger partial charge in [-0.05, 0) is 89.4 Å². The Morgan fingerprint density at radius 2 is 1.25 bits per heavy atom. The summed E-state index contributed by atoms with van der Waals surface area (Å²) in [5, 5.41) is 0.667. The van der Waals surface area contributed by atoms with Crippen molar-refractivity contribution in [1.82, 2.24) is 9.80 Å². The number of carbonyl (C=O) groups is 2. The van der Waals surface area contributed by atoms with Crippen LogP contribution < -0.4 is 16.4 Å². The van der Waals surface area contributed by atoms with Gasteiger partial charge in [0.15, 0.2) is 0 Å². The van der Waals surface area contributed by atoms with Crippen LogP contribution in [0.1, 0.15) is 41.5 Å². The van der Waals surface area contributed by atoms with Crippen LogP contribution in [0.5, 0.6) is 0 Å². The van der Waals surface area contributed by atoms with Gasteiger partial charge in [0.25, 0.3) is 0 Å². The number of anilines is 1. The monoisotopic (exact) mass is 731 g/mol. The zero-order chi connectivity index (χ0) is 37.2. The fourth-order valence-corrected chi connectivity index (χ4v) is 7.19. The molecule has 2 aliphatic rings. The van der Waals surface area contributed by atoms with Crippen LogP contribution in [0.3, 0.4) is 0 Å². The lowest BCUT2D eigenvalue weighted by molar-refractivity contribution is -0.134. The summed E-state index contributed by atoms with van der Waals surface area (Å²) in [4.78, 5) is 31.2. The fourth-order valence-electron chi connectivity index (χ4n) is 7.07. The Balaban J connectivity index is 0.000000183. The highest BCUT2D eigenvalue weighted by atomic mass is 35.5. The third kappa shape index (κ3) is 10.1. The summed E-state index contributed by atoms with van der Waals surface area (Å²) in [7, 11) is 0. The molecule has 0 radical (unpaired) electrons. The summed E-state index contributed by atoms with van der Waals surface area (Å²) in [6.07, 6.45) is 2.45. The molecule has 4 N–H and O–H groups in total. The first kappa shape index (κ1) is 37.7. The highest BCUT2D eigenvalue weighted by molar-refractivity contribution is 6.30. The minimum Gasteiger partial charge on any atom is -0.368 e. The van der Waals surface area contributed by atoms with E-state index in [9.17, 15) is 14.0 Å². The van der Waals surface area contributed by atoms with Gasteiger partial charge in [-0.3, -0.25) is 9.59 Å². The largest absolute Gasteiger partial charge is 0.368 e. The van der Waals surface area contributed by atoms with E-state index in [1.54, 1.807) is 29.2 Å². The van der Waals surface area contributed by atoms with Gasteiger partial charge in [0.2, 0.25) is 11.8 Å². The molecule has 0 bridgehead atoms. The summed E-state index contributed by atoms with van der Waals surface area (Å²) in [5.74, 6) is 0.239. The van der Waals surface area contributed by atoms with Crippen LogP contribution in [-0.4, -0.2) is 66.9 Å². The van der Waals surface area contributed by atoms with Crippen molar-refractivity contribution >= 4 is 29.1 Å². The number of piperidine rings is 1. The minimum absolute atomic E-state index is 0.0303. The molecule has 0 aliphatic carbocycles. The number of benzene rings is 5.